The molecular formula is C22H32ClN5O2. The number of aromatic nitrogens is 2. The number of aliphatic hydroxyl groups is 1. The third kappa shape index (κ3) is 5.53. The summed E-state index contributed by atoms with van der Waals surface area (Å²) in [5.74, 6) is 0.676. The highest BCUT2D eigenvalue weighted by atomic mass is 35.5. The zero-order valence-electron chi connectivity index (χ0n) is 18.0. The number of aryl methyl sites for hydroxylation is 1. The van der Waals surface area contributed by atoms with Crippen molar-refractivity contribution in [3.63, 3.8) is 0 Å². The second-order valence-electron chi connectivity index (χ2n) is 8.13. The fourth-order valence-corrected chi connectivity index (χ4v) is 3.96. The van der Waals surface area contributed by atoms with Crippen LogP contribution in [0.25, 0.3) is 0 Å². The molecule has 0 radical (unpaired) electrons. The van der Waals surface area contributed by atoms with Crippen LogP contribution in [0.4, 0.5) is 0 Å². The number of aliphatic imine (C=N–C) groups is 1. The van der Waals surface area contributed by atoms with Gasteiger partial charge in [0.15, 0.2) is 5.96 Å². The largest absolute Gasteiger partial charge is 0.383 e. The zero-order valence-corrected chi connectivity index (χ0v) is 18.7. The summed E-state index contributed by atoms with van der Waals surface area (Å²) in [5, 5.41) is 22.5. The lowest BCUT2D eigenvalue weighted by Gasteiger charge is -2.38. The van der Waals surface area contributed by atoms with Crippen LogP contribution in [0, 0.1) is 0 Å². The molecule has 2 aromatic rings. The molecule has 0 saturated carbocycles. The first-order valence-corrected chi connectivity index (χ1v) is 10.8. The third-order valence-electron chi connectivity index (χ3n) is 5.70. The summed E-state index contributed by atoms with van der Waals surface area (Å²) in [6.45, 7) is 6.88. The average Bonchev–Trinajstić information content (AvgIpc) is 3.18. The van der Waals surface area contributed by atoms with Crippen LogP contribution in [0.3, 0.4) is 0 Å². The van der Waals surface area contributed by atoms with Gasteiger partial charge in [-0.25, -0.2) is 4.99 Å². The smallest absolute Gasteiger partial charge is 0.191 e. The molecule has 0 spiro atoms. The summed E-state index contributed by atoms with van der Waals surface area (Å²) in [7, 11) is 1.83. The molecule has 1 aromatic carbocycles. The van der Waals surface area contributed by atoms with Crippen LogP contribution in [0.15, 0.2) is 41.7 Å². The zero-order chi connectivity index (χ0) is 21.6. The standard InChI is InChI=1S/C22H32ClN5O2/c1-4-24-20(25-15-21(2,29)18-13-27-28(3)14-18)26-16-22(8-10-30-11-9-22)17-6-5-7-19(23)12-17/h5-7,12-14,29H,4,8-11,15-16H2,1-3H3,(H2,24,25,26). The Morgan fingerprint density at radius 3 is 2.77 bits per heavy atom. The molecule has 1 aromatic heterocycles. The van der Waals surface area contributed by atoms with Crippen molar-refractivity contribution in [2.45, 2.75) is 37.7 Å². The van der Waals surface area contributed by atoms with E-state index < -0.39 is 5.60 Å². The Bertz CT molecular complexity index is 859. The summed E-state index contributed by atoms with van der Waals surface area (Å²) in [6.07, 6.45) is 5.30. The molecule has 1 unspecified atom stereocenters. The number of nitrogens with zero attached hydrogens (tertiary/aromatic N) is 3. The third-order valence-corrected chi connectivity index (χ3v) is 5.93. The van der Waals surface area contributed by atoms with E-state index in [1.54, 1.807) is 17.8 Å². The van der Waals surface area contributed by atoms with Gasteiger partial charge in [-0.3, -0.25) is 4.68 Å². The van der Waals surface area contributed by atoms with Gasteiger partial charge >= 0.3 is 0 Å². The van der Waals surface area contributed by atoms with Gasteiger partial charge in [0.1, 0.15) is 5.60 Å². The second kappa shape index (κ2) is 9.81. The molecule has 1 fully saturated rings. The molecule has 3 rings (SSSR count). The molecule has 7 nitrogen and oxygen atoms in total. The van der Waals surface area contributed by atoms with Crippen LogP contribution in [0.1, 0.15) is 37.8 Å². The molecule has 0 bridgehead atoms. The first-order valence-electron chi connectivity index (χ1n) is 10.4. The fourth-order valence-electron chi connectivity index (χ4n) is 3.77. The van der Waals surface area contributed by atoms with E-state index in [0.717, 1.165) is 43.2 Å². The first-order chi connectivity index (χ1) is 14.3. The molecule has 0 aliphatic carbocycles. The van der Waals surface area contributed by atoms with Gasteiger partial charge in [-0.2, -0.15) is 5.10 Å². The Hall–Kier alpha value is -2.09. The van der Waals surface area contributed by atoms with E-state index in [1.165, 1.54) is 5.56 Å². The van der Waals surface area contributed by atoms with Gasteiger partial charge in [0.2, 0.25) is 0 Å². The van der Waals surface area contributed by atoms with Crippen LogP contribution < -0.4 is 10.6 Å². The van der Waals surface area contributed by atoms with Crippen LogP contribution in [0.5, 0.6) is 0 Å². The Kier molecular flexibility index (Phi) is 7.39. The lowest BCUT2D eigenvalue weighted by molar-refractivity contribution is 0.0513. The number of hydrogen-bond donors (Lipinski definition) is 3. The maximum Gasteiger partial charge on any atom is 0.191 e. The number of rotatable bonds is 7. The maximum atomic E-state index is 10.8. The van der Waals surface area contributed by atoms with Gasteiger partial charge in [-0.05, 0) is 44.4 Å². The fraction of sp³-hybridized carbons (Fsp3) is 0.545. The van der Waals surface area contributed by atoms with Crippen LogP contribution in [-0.4, -0.2) is 53.7 Å². The normalized spacial score (nSPS) is 18.6. The number of halogens is 1. The van der Waals surface area contributed by atoms with Gasteiger partial charge < -0.3 is 20.5 Å². The van der Waals surface area contributed by atoms with E-state index in [4.69, 9.17) is 16.3 Å². The summed E-state index contributed by atoms with van der Waals surface area (Å²) < 4.78 is 7.30. The Balaban J connectivity index is 1.75. The quantitative estimate of drug-likeness (QED) is 0.461. The average molecular weight is 434 g/mol. The molecule has 1 saturated heterocycles. The van der Waals surface area contributed by atoms with Gasteiger partial charge in [0.25, 0.3) is 0 Å². The predicted octanol–water partition coefficient (Wildman–Crippen LogP) is 2.58. The summed E-state index contributed by atoms with van der Waals surface area (Å²) >= 11 is 6.28. The Morgan fingerprint density at radius 1 is 1.37 bits per heavy atom. The monoisotopic (exact) mass is 433 g/mol. The first kappa shape index (κ1) is 22.6. The molecule has 3 N–H and O–H groups in total. The minimum absolute atomic E-state index is 0.0782. The highest BCUT2D eigenvalue weighted by Crippen LogP contribution is 2.35. The van der Waals surface area contributed by atoms with E-state index in [1.807, 2.05) is 38.4 Å². The molecule has 0 amide bonds. The van der Waals surface area contributed by atoms with Crippen LogP contribution in [0.2, 0.25) is 5.02 Å². The number of nitrogens with one attached hydrogen (secondary N) is 2. The van der Waals surface area contributed by atoms with E-state index in [0.29, 0.717) is 12.5 Å². The van der Waals surface area contributed by atoms with Crippen LogP contribution >= 0.6 is 11.6 Å². The molecule has 1 aliphatic rings. The van der Waals surface area contributed by atoms with Crippen molar-refractivity contribution in [1.82, 2.24) is 20.4 Å². The van der Waals surface area contributed by atoms with E-state index >= 15 is 0 Å². The van der Waals surface area contributed by atoms with Crippen LogP contribution in [-0.2, 0) is 22.8 Å². The van der Waals surface area contributed by atoms with E-state index in [9.17, 15) is 5.11 Å². The van der Waals surface area contributed by atoms with Gasteiger partial charge in [0.05, 0.1) is 12.7 Å². The number of guanidine groups is 1. The second-order valence-corrected chi connectivity index (χ2v) is 8.56. The van der Waals surface area contributed by atoms with Crippen molar-refractivity contribution < 1.29 is 9.84 Å². The molecule has 30 heavy (non-hydrogen) atoms. The van der Waals surface area contributed by atoms with Gasteiger partial charge in [-0.1, -0.05) is 23.7 Å². The molecule has 164 valence electrons. The highest BCUT2D eigenvalue weighted by Gasteiger charge is 2.35. The molecule has 8 heteroatoms. The SMILES string of the molecule is CCNC(=NCC(C)(O)c1cnn(C)c1)NCC1(c2cccc(Cl)c2)CCOCC1. The number of ether oxygens (including phenoxy) is 1. The van der Waals surface area contributed by atoms with Gasteiger partial charge in [0, 0.05) is 55.5 Å². The lowest BCUT2D eigenvalue weighted by atomic mass is 9.74. The molecule has 2 heterocycles. The summed E-state index contributed by atoms with van der Waals surface area (Å²) in [4.78, 5) is 4.65. The summed E-state index contributed by atoms with van der Waals surface area (Å²) in [5.41, 5.74) is 0.777. The van der Waals surface area contributed by atoms with Crippen molar-refractivity contribution in [2.24, 2.45) is 12.0 Å². The maximum absolute atomic E-state index is 10.8. The highest BCUT2D eigenvalue weighted by molar-refractivity contribution is 6.30. The molecule has 1 atom stereocenters. The molecular weight excluding hydrogens is 402 g/mol. The van der Waals surface area contributed by atoms with E-state index in [2.05, 4.69) is 26.8 Å². The topological polar surface area (TPSA) is 83.7 Å². The minimum Gasteiger partial charge on any atom is -0.383 e. The van der Waals surface area contributed by atoms with Gasteiger partial charge in [-0.15, -0.1) is 0 Å². The van der Waals surface area contributed by atoms with Crippen molar-refractivity contribution >= 4 is 17.6 Å². The summed E-state index contributed by atoms with van der Waals surface area (Å²) in [6, 6.07) is 8.08. The minimum atomic E-state index is -1.10. The van der Waals surface area contributed by atoms with Crippen molar-refractivity contribution in [3.05, 3.63) is 52.8 Å². The van der Waals surface area contributed by atoms with Crippen molar-refractivity contribution in [3.8, 4) is 0 Å². The molecule has 1 aliphatic heterocycles. The Morgan fingerprint density at radius 2 is 2.13 bits per heavy atom. The number of benzene rings is 1. The number of hydrogen-bond acceptors (Lipinski definition) is 4. The van der Waals surface area contributed by atoms with Crippen molar-refractivity contribution in [2.75, 3.05) is 32.8 Å². The Labute approximate surface area is 183 Å². The van der Waals surface area contributed by atoms with Crippen molar-refractivity contribution in [1.29, 1.82) is 0 Å². The predicted molar refractivity (Wildman–Crippen MR) is 120 cm³/mol. The van der Waals surface area contributed by atoms with E-state index in [-0.39, 0.29) is 12.0 Å². The lowest BCUT2D eigenvalue weighted by Crippen LogP contribution is -2.48.